The van der Waals surface area contributed by atoms with Gasteiger partial charge in [-0.2, -0.15) is 0 Å². The van der Waals surface area contributed by atoms with Crippen molar-refractivity contribution in [1.82, 2.24) is 0 Å². The quantitative estimate of drug-likeness (QED) is 0.652. The second-order valence-corrected chi connectivity index (χ2v) is 3.41. The minimum atomic E-state index is -0.361. The van der Waals surface area contributed by atoms with Gasteiger partial charge in [-0.3, -0.25) is 0 Å². The minimum Gasteiger partial charge on any atom is -0.391 e. The molecule has 0 radical (unpaired) electrons. The summed E-state index contributed by atoms with van der Waals surface area (Å²) in [6.07, 6.45) is 1.15. The molecule has 1 aromatic carbocycles. The Morgan fingerprint density at radius 3 is 2.31 bits per heavy atom. The Balaban J connectivity index is 0.000000845. The van der Waals surface area contributed by atoms with Crippen molar-refractivity contribution in [2.45, 2.75) is 25.0 Å². The lowest BCUT2D eigenvalue weighted by atomic mass is 9.87. The third-order valence-corrected chi connectivity index (χ3v) is 2.50. The predicted molar refractivity (Wildman–Crippen MR) is 55.1 cm³/mol. The molecule has 2 unspecified atom stereocenters. The highest BCUT2D eigenvalue weighted by Gasteiger charge is 2.22. The topological polar surface area (TPSA) is 46.2 Å². The van der Waals surface area contributed by atoms with E-state index in [2.05, 4.69) is 12.1 Å². The first-order valence-corrected chi connectivity index (χ1v) is 4.28. The summed E-state index contributed by atoms with van der Waals surface area (Å²) in [7, 11) is 0. The van der Waals surface area contributed by atoms with Crippen molar-refractivity contribution < 1.29 is 5.11 Å². The minimum absolute atomic E-state index is 0. The zero-order valence-electron chi connectivity index (χ0n) is 7.31. The van der Waals surface area contributed by atoms with Crippen LogP contribution in [0, 0.1) is 0 Å². The summed E-state index contributed by atoms with van der Waals surface area (Å²) < 4.78 is 0. The van der Waals surface area contributed by atoms with Gasteiger partial charge in [0.15, 0.2) is 0 Å². The fourth-order valence-corrected chi connectivity index (χ4v) is 1.72. The van der Waals surface area contributed by atoms with Gasteiger partial charge in [0, 0.05) is 12.5 Å². The first-order chi connectivity index (χ1) is 5.77. The van der Waals surface area contributed by atoms with Gasteiger partial charge in [-0.1, -0.05) is 24.3 Å². The van der Waals surface area contributed by atoms with E-state index in [0.717, 1.165) is 6.42 Å². The number of hydrogen-bond acceptors (Lipinski definition) is 2. The van der Waals surface area contributed by atoms with Crippen molar-refractivity contribution in [3.63, 3.8) is 0 Å². The normalized spacial score (nSPS) is 26.0. The first-order valence-electron chi connectivity index (χ1n) is 4.28. The van der Waals surface area contributed by atoms with Crippen LogP contribution in [0.2, 0.25) is 0 Å². The molecule has 0 amide bonds. The number of nitrogens with two attached hydrogens (primary N) is 1. The van der Waals surface area contributed by atoms with Gasteiger partial charge < -0.3 is 10.8 Å². The van der Waals surface area contributed by atoms with Crippen LogP contribution in [-0.4, -0.2) is 17.3 Å². The molecule has 2 rings (SSSR count). The average molecular weight is 200 g/mol. The number of fused-ring (bicyclic) bond motifs is 1. The van der Waals surface area contributed by atoms with Crippen LogP contribution in [0.15, 0.2) is 24.3 Å². The molecule has 0 heterocycles. The maximum Gasteiger partial charge on any atom is 0.0734 e. The van der Waals surface area contributed by atoms with Crippen molar-refractivity contribution in [2.24, 2.45) is 5.73 Å². The molecule has 72 valence electrons. The van der Waals surface area contributed by atoms with Crippen LogP contribution in [0.3, 0.4) is 0 Å². The second kappa shape index (κ2) is 4.09. The summed E-state index contributed by atoms with van der Waals surface area (Å²) in [6, 6.07) is 8.08. The van der Waals surface area contributed by atoms with Crippen LogP contribution in [0.4, 0.5) is 0 Å². The lowest BCUT2D eigenvalue weighted by molar-refractivity contribution is 0.137. The van der Waals surface area contributed by atoms with E-state index in [9.17, 15) is 5.11 Å². The van der Waals surface area contributed by atoms with Gasteiger partial charge in [-0.25, -0.2) is 0 Å². The Hall–Kier alpha value is -0.570. The van der Waals surface area contributed by atoms with Crippen molar-refractivity contribution in [2.75, 3.05) is 0 Å². The maximum absolute atomic E-state index is 9.50. The number of aliphatic hydroxyl groups excluding tert-OH is 1. The zero-order chi connectivity index (χ0) is 8.55. The van der Waals surface area contributed by atoms with E-state index in [1.165, 1.54) is 11.1 Å². The van der Waals surface area contributed by atoms with Crippen molar-refractivity contribution in [3.8, 4) is 0 Å². The van der Waals surface area contributed by atoms with E-state index in [-0.39, 0.29) is 24.6 Å². The number of halogens is 1. The fraction of sp³-hybridized carbons (Fsp3) is 0.400. The maximum atomic E-state index is 9.50. The molecule has 3 heteroatoms. The molecule has 2 atom stereocenters. The molecule has 3 N–H and O–H groups in total. The van der Waals surface area contributed by atoms with Crippen LogP contribution in [0.25, 0.3) is 0 Å². The molecule has 0 saturated heterocycles. The van der Waals surface area contributed by atoms with Crippen molar-refractivity contribution in [1.29, 1.82) is 0 Å². The molecule has 0 spiro atoms. The highest BCUT2D eigenvalue weighted by atomic mass is 35.5. The van der Waals surface area contributed by atoms with Crippen LogP contribution >= 0.6 is 12.4 Å². The lowest BCUT2D eigenvalue weighted by Crippen LogP contribution is -2.41. The van der Waals surface area contributed by atoms with Gasteiger partial charge in [-0.05, 0) is 17.5 Å². The van der Waals surface area contributed by atoms with E-state index < -0.39 is 0 Å². The predicted octanol–water partition coefficient (Wildman–Crippen LogP) is 0.895. The van der Waals surface area contributed by atoms with E-state index in [0.29, 0.717) is 6.42 Å². The Morgan fingerprint density at radius 2 is 1.69 bits per heavy atom. The summed E-state index contributed by atoms with van der Waals surface area (Å²) in [5.41, 5.74) is 8.27. The Kier molecular flexibility index (Phi) is 3.31. The second-order valence-electron chi connectivity index (χ2n) is 3.41. The fourth-order valence-electron chi connectivity index (χ4n) is 1.72. The molecule has 2 nitrogen and oxygen atoms in total. The molecular weight excluding hydrogens is 186 g/mol. The van der Waals surface area contributed by atoms with Gasteiger partial charge in [0.2, 0.25) is 0 Å². The molecule has 0 aliphatic heterocycles. The van der Waals surface area contributed by atoms with Crippen LogP contribution in [0.1, 0.15) is 11.1 Å². The molecule has 0 aromatic heterocycles. The Morgan fingerprint density at radius 1 is 1.15 bits per heavy atom. The highest BCUT2D eigenvalue weighted by molar-refractivity contribution is 5.85. The van der Waals surface area contributed by atoms with E-state index in [1.807, 2.05) is 12.1 Å². The smallest absolute Gasteiger partial charge is 0.0734 e. The largest absolute Gasteiger partial charge is 0.391 e. The van der Waals surface area contributed by atoms with Crippen molar-refractivity contribution >= 4 is 12.4 Å². The number of aliphatic hydroxyl groups is 1. The standard InChI is InChI=1S/C10H13NO.ClH/c11-9-5-7-3-1-2-4-8(7)6-10(9)12;/h1-4,9-10,12H,5-6,11H2;1H. The number of rotatable bonds is 0. The summed E-state index contributed by atoms with van der Waals surface area (Å²) in [4.78, 5) is 0. The first kappa shape index (κ1) is 10.5. The summed E-state index contributed by atoms with van der Waals surface area (Å²) >= 11 is 0. The van der Waals surface area contributed by atoms with Crippen LogP contribution in [0.5, 0.6) is 0 Å². The van der Waals surface area contributed by atoms with Gasteiger partial charge in [0.1, 0.15) is 0 Å². The van der Waals surface area contributed by atoms with Gasteiger partial charge in [-0.15, -0.1) is 12.4 Å². The lowest BCUT2D eigenvalue weighted by Gasteiger charge is -2.26. The molecule has 0 saturated carbocycles. The Labute approximate surface area is 84.2 Å². The molecule has 1 aliphatic carbocycles. The molecule has 0 bridgehead atoms. The third kappa shape index (κ3) is 2.02. The number of hydrogen-bond donors (Lipinski definition) is 2. The third-order valence-electron chi connectivity index (χ3n) is 2.50. The van der Waals surface area contributed by atoms with Crippen LogP contribution < -0.4 is 5.73 Å². The molecule has 0 fully saturated rings. The molecule has 1 aliphatic rings. The van der Waals surface area contributed by atoms with E-state index >= 15 is 0 Å². The van der Waals surface area contributed by atoms with Gasteiger partial charge >= 0.3 is 0 Å². The zero-order valence-corrected chi connectivity index (χ0v) is 8.13. The molecular formula is C10H14ClNO. The summed E-state index contributed by atoms with van der Waals surface area (Å²) in [5, 5.41) is 9.50. The van der Waals surface area contributed by atoms with Gasteiger partial charge in [0.25, 0.3) is 0 Å². The van der Waals surface area contributed by atoms with Crippen molar-refractivity contribution in [3.05, 3.63) is 35.4 Å². The molecule has 13 heavy (non-hydrogen) atoms. The van der Waals surface area contributed by atoms with Gasteiger partial charge in [0.05, 0.1) is 6.10 Å². The van der Waals surface area contributed by atoms with E-state index in [4.69, 9.17) is 5.73 Å². The SMILES string of the molecule is Cl.NC1Cc2ccccc2CC1O. The van der Waals surface area contributed by atoms with Crippen LogP contribution in [-0.2, 0) is 12.8 Å². The number of benzene rings is 1. The summed E-state index contributed by atoms with van der Waals surface area (Å²) in [5.74, 6) is 0. The highest BCUT2D eigenvalue weighted by Crippen LogP contribution is 2.20. The monoisotopic (exact) mass is 199 g/mol. The Bertz CT molecular complexity index is 261. The molecule has 1 aromatic rings. The average Bonchev–Trinajstić information content (AvgIpc) is 2.07. The summed E-state index contributed by atoms with van der Waals surface area (Å²) in [6.45, 7) is 0. The van der Waals surface area contributed by atoms with E-state index in [1.54, 1.807) is 0 Å².